The van der Waals surface area contributed by atoms with Crippen LogP contribution in [-0.4, -0.2) is 44.9 Å². The van der Waals surface area contributed by atoms with Crippen LogP contribution in [0.3, 0.4) is 0 Å². The van der Waals surface area contributed by atoms with E-state index in [2.05, 4.69) is 9.12 Å². The van der Waals surface area contributed by atoms with Crippen LogP contribution in [0.4, 0.5) is 5.69 Å². The van der Waals surface area contributed by atoms with Gasteiger partial charge < -0.3 is 15.4 Å². The van der Waals surface area contributed by atoms with Crippen molar-refractivity contribution < 1.29 is 18.6 Å². The molecule has 1 aliphatic carbocycles. The predicted molar refractivity (Wildman–Crippen MR) is 115 cm³/mol. The van der Waals surface area contributed by atoms with Crippen LogP contribution < -0.4 is 15.2 Å². The zero-order chi connectivity index (χ0) is 20.4. The lowest BCUT2D eigenvalue weighted by Gasteiger charge is -2.38. The Morgan fingerprint density at radius 3 is 2.76 bits per heavy atom. The Morgan fingerprint density at radius 2 is 1.97 bits per heavy atom. The number of fused-ring (bicyclic) bond motifs is 1. The average molecular weight is 423 g/mol. The Labute approximate surface area is 173 Å². The van der Waals surface area contributed by atoms with Gasteiger partial charge in [-0.05, 0) is 55.2 Å². The number of benzene rings is 1. The highest BCUT2D eigenvalue weighted by Crippen LogP contribution is 2.46. The van der Waals surface area contributed by atoms with Gasteiger partial charge in [-0.15, -0.1) is 4.40 Å². The number of carbonyl (C=O) groups is 1. The van der Waals surface area contributed by atoms with Crippen molar-refractivity contribution in [3.8, 4) is 5.75 Å². The predicted octanol–water partition coefficient (Wildman–Crippen LogP) is 3.74. The molecule has 1 aromatic rings. The van der Waals surface area contributed by atoms with Crippen LogP contribution >= 0.6 is 11.0 Å². The van der Waals surface area contributed by atoms with Gasteiger partial charge in [-0.25, -0.2) is 0 Å². The largest absolute Gasteiger partial charge is 0.491 e. The summed E-state index contributed by atoms with van der Waals surface area (Å²) in [5.41, 5.74) is 6.98. The van der Waals surface area contributed by atoms with Gasteiger partial charge in [0, 0.05) is 12.5 Å². The molecule has 2 aliphatic heterocycles. The van der Waals surface area contributed by atoms with Crippen LogP contribution in [0.5, 0.6) is 5.75 Å². The highest BCUT2D eigenvalue weighted by Gasteiger charge is 2.33. The molecule has 0 spiro atoms. The number of rotatable bonds is 4. The second-order valence-electron chi connectivity index (χ2n) is 8.10. The van der Waals surface area contributed by atoms with Crippen LogP contribution in [-0.2, 0) is 4.79 Å². The second kappa shape index (κ2) is 8.41. The number of nitrogens with two attached hydrogens (primary N) is 1. The third-order valence-corrected chi connectivity index (χ3v) is 7.00. The van der Waals surface area contributed by atoms with E-state index in [-0.39, 0.29) is 23.7 Å². The number of ether oxygens (including phenoxy) is 1. The number of amides is 1. The van der Waals surface area contributed by atoms with Gasteiger partial charge >= 0.3 is 0 Å². The van der Waals surface area contributed by atoms with E-state index in [1.54, 1.807) is 18.2 Å². The molecule has 8 nitrogen and oxygen atoms in total. The smallest absolute Gasteiger partial charge is 0.226 e. The summed E-state index contributed by atoms with van der Waals surface area (Å²) < 4.78 is 32.1. The van der Waals surface area contributed by atoms with E-state index >= 15 is 0 Å². The van der Waals surface area contributed by atoms with Crippen molar-refractivity contribution in [1.29, 1.82) is 0 Å². The van der Waals surface area contributed by atoms with Gasteiger partial charge in [-0.1, -0.05) is 25.3 Å². The molecule has 3 aliphatic rings. The Balaban J connectivity index is 1.47. The topological polar surface area (TPSA) is 120 Å². The molecular weight excluding hydrogens is 392 g/mol. The van der Waals surface area contributed by atoms with E-state index in [1.165, 1.54) is 6.42 Å². The molecule has 0 bridgehead atoms. The number of nitrogens with one attached hydrogen (secondary N) is 1. The molecule has 4 rings (SSSR count). The number of likely N-dealkylation sites (tertiary alicyclic amines) is 1. The summed E-state index contributed by atoms with van der Waals surface area (Å²) in [4.78, 5) is 15.1. The van der Waals surface area contributed by atoms with Crippen molar-refractivity contribution >= 4 is 28.4 Å². The molecule has 0 aromatic heterocycles. The lowest BCUT2D eigenvalue weighted by atomic mass is 9.87. The van der Waals surface area contributed by atoms with Gasteiger partial charge in [0.2, 0.25) is 5.91 Å². The number of nitrogens with zero attached hydrogens (tertiary/aromatic N) is 2. The summed E-state index contributed by atoms with van der Waals surface area (Å²) in [5, 5.41) is 0. The molecule has 29 heavy (non-hydrogen) atoms. The van der Waals surface area contributed by atoms with Crippen molar-refractivity contribution in [2.24, 2.45) is 16.0 Å². The Bertz CT molecular complexity index is 795. The molecule has 1 saturated heterocycles. The van der Waals surface area contributed by atoms with Crippen molar-refractivity contribution in [2.45, 2.75) is 57.4 Å². The first-order valence-corrected chi connectivity index (χ1v) is 11.9. The van der Waals surface area contributed by atoms with E-state index in [0.29, 0.717) is 23.6 Å². The minimum atomic E-state index is -3.33. The Hall–Kier alpha value is -1.97. The quantitative estimate of drug-likeness (QED) is 0.587. The molecule has 2 fully saturated rings. The van der Waals surface area contributed by atoms with E-state index < -0.39 is 11.0 Å². The Morgan fingerprint density at radius 1 is 1.21 bits per heavy atom. The monoisotopic (exact) mass is 422 g/mol. The fourth-order valence-electron chi connectivity index (χ4n) is 4.59. The van der Waals surface area contributed by atoms with Gasteiger partial charge in [0.05, 0.1) is 17.3 Å². The minimum Gasteiger partial charge on any atom is -0.491 e. The number of amidine groups is 1. The number of hydrogen-bond acceptors (Lipinski definition) is 7. The summed E-state index contributed by atoms with van der Waals surface area (Å²) in [6.45, 7) is 1.18. The minimum absolute atomic E-state index is 0.0353. The lowest BCUT2D eigenvalue weighted by molar-refractivity contribution is -0.141. The number of carbonyl (C=O) groups excluding carboxylic acids is 1. The average Bonchev–Trinajstić information content (AvgIpc) is 2.71. The molecule has 5 N–H and O–H groups in total. The van der Waals surface area contributed by atoms with Crippen molar-refractivity contribution in [3.63, 3.8) is 0 Å². The van der Waals surface area contributed by atoms with Crippen LogP contribution in [0.1, 0.15) is 56.9 Å². The van der Waals surface area contributed by atoms with Crippen LogP contribution in [0.25, 0.3) is 0 Å². The molecule has 9 heteroatoms. The molecule has 0 radical (unpaired) electrons. The third-order valence-electron chi connectivity index (χ3n) is 6.05. The van der Waals surface area contributed by atoms with E-state index in [4.69, 9.17) is 10.5 Å². The number of piperidine rings is 1. The Kier molecular flexibility index (Phi) is 5.89. The summed E-state index contributed by atoms with van der Waals surface area (Å²) in [6.07, 6.45) is 8.57. The highest BCUT2D eigenvalue weighted by atomic mass is 32.3. The van der Waals surface area contributed by atoms with Crippen molar-refractivity contribution in [2.75, 3.05) is 17.9 Å². The first kappa shape index (κ1) is 20.3. The second-order valence-corrected chi connectivity index (χ2v) is 9.53. The van der Waals surface area contributed by atoms with Gasteiger partial charge in [-0.3, -0.25) is 18.6 Å². The third kappa shape index (κ3) is 4.46. The molecule has 160 valence electrons. The van der Waals surface area contributed by atoms with E-state index in [0.717, 1.165) is 51.5 Å². The highest BCUT2D eigenvalue weighted by molar-refractivity contribution is 8.24. The van der Waals surface area contributed by atoms with Gasteiger partial charge in [0.25, 0.3) is 0 Å². The SMILES string of the molecule is NC1=NS(O)(O)Nc2cccc(OCC3CCCCN3C(=O)C3CCCCC3)c21. The van der Waals surface area contributed by atoms with Crippen molar-refractivity contribution in [3.05, 3.63) is 23.8 Å². The van der Waals surface area contributed by atoms with Crippen LogP contribution in [0, 0.1) is 5.92 Å². The standard InChI is InChI=1S/C20H30N4O4S/c21-19-18-16(22-29(26,27)23-19)10-6-11-17(18)28-13-15-9-4-5-12-24(15)20(25)14-7-2-1-3-8-14/h6,10-11,14-15,22,26-27H,1-5,7-9,12-13H2,(H2,21,23). The van der Waals surface area contributed by atoms with Gasteiger partial charge in [0.15, 0.2) is 5.84 Å². The van der Waals surface area contributed by atoms with Crippen molar-refractivity contribution in [1.82, 2.24) is 4.90 Å². The van der Waals surface area contributed by atoms with E-state index in [9.17, 15) is 13.9 Å². The zero-order valence-corrected chi connectivity index (χ0v) is 17.4. The summed E-state index contributed by atoms with van der Waals surface area (Å²) in [6, 6.07) is 5.30. The molecular formula is C20H30N4O4S. The molecule has 1 saturated carbocycles. The van der Waals surface area contributed by atoms with Gasteiger partial charge in [-0.2, -0.15) is 0 Å². The summed E-state index contributed by atoms with van der Waals surface area (Å²) in [7, 11) is -3.33. The molecule has 1 unspecified atom stereocenters. The van der Waals surface area contributed by atoms with Crippen LogP contribution in [0.15, 0.2) is 22.6 Å². The van der Waals surface area contributed by atoms with Crippen LogP contribution in [0.2, 0.25) is 0 Å². The molecule has 1 aromatic carbocycles. The molecule has 1 amide bonds. The first-order valence-electron chi connectivity index (χ1n) is 10.4. The number of anilines is 1. The summed E-state index contributed by atoms with van der Waals surface area (Å²) in [5.74, 6) is 1.01. The number of hydrogen-bond donors (Lipinski definition) is 4. The van der Waals surface area contributed by atoms with E-state index in [1.807, 2.05) is 4.90 Å². The lowest BCUT2D eigenvalue weighted by Crippen LogP contribution is -2.49. The normalized spacial score (nSPS) is 25.4. The van der Waals surface area contributed by atoms with Gasteiger partial charge in [0.1, 0.15) is 12.4 Å². The maximum Gasteiger partial charge on any atom is 0.226 e. The first-order chi connectivity index (χ1) is 13.9. The zero-order valence-electron chi connectivity index (χ0n) is 16.5. The molecule has 2 heterocycles. The fraction of sp³-hybridized carbons (Fsp3) is 0.600. The summed E-state index contributed by atoms with van der Waals surface area (Å²) >= 11 is 0. The maximum absolute atomic E-state index is 13.1. The maximum atomic E-state index is 13.1. The molecule has 1 atom stereocenters. The fourth-order valence-corrected chi connectivity index (χ4v) is 5.46.